The molecular formula is C14H13FN2O3S. The van der Waals surface area contributed by atoms with Crippen LogP contribution < -0.4 is 4.90 Å². The number of carbonyl (C=O) groups excluding carboxylic acids is 1. The molecule has 0 radical (unpaired) electrons. The van der Waals surface area contributed by atoms with Gasteiger partial charge in [-0.3, -0.25) is 9.78 Å². The fourth-order valence-electron chi connectivity index (χ4n) is 2.71. The van der Waals surface area contributed by atoms with Crippen LogP contribution in [0.25, 0.3) is 10.9 Å². The maximum absolute atomic E-state index is 12.8. The lowest BCUT2D eigenvalue weighted by atomic mass is 10.1. The number of amides is 1. The van der Waals surface area contributed by atoms with Crippen LogP contribution in [0.5, 0.6) is 0 Å². The van der Waals surface area contributed by atoms with E-state index in [1.165, 1.54) is 4.90 Å². The molecule has 110 valence electrons. The molecule has 0 N–H and O–H groups in total. The predicted molar refractivity (Wildman–Crippen MR) is 77.1 cm³/mol. The van der Waals surface area contributed by atoms with Gasteiger partial charge in [-0.1, -0.05) is 18.2 Å². The lowest BCUT2D eigenvalue weighted by Crippen LogP contribution is -2.25. The van der Waals surface area contributed by atoms with Crippen LogP contribution in [0.1, 0.15) is 6.42 Å². The van der Waals surface area contributed by atoms with Crippen molar-refractivity contribution in [2.75, 3.05) is 17.2 Å². The number of halogens is 1. The molecule has 1 aliphatic heterocycles. The van der Waals surface area contributed by atoms with Gasteiger partial charge in [0.25, 0.3) is 0 Å². The molecule has 2 heterocycles. The van der Waals surface area contributed by atoms with Crippen LogP contribution in [0.4, 0.5) is 9.57 Å². The summed E-state index contributed by atoms with van der Waals surface area (Å²) in [4.78, 5) is 17.9. The van der Waals surface area contributed by atoms with E-state index in [2.05, 4.69) is 4.98 Å². The predicted octanol–water partition coefficient (Wildman–Crippen LogP) is 1.89. The Bertz CT molecular complexity index is 801. The third-order valence-electron chi connectivity index (χ3n) is 3.54. The Labute approximate surface area is 121 Å². The van der Waals surface area contributed by atoms with Gasteiger partial charge >= 0.3 is 10.2 Å². The highest BCUT2D eigenvalue weighted by molar-refractivity contribution is 7.86. The van der Waals surface area contributed by atoms with Crippen LogP contribution in [0.2, 0.25) is 0 Å². The Morgan fingerprint density at radius 3 is 2.81 bits per heavy atom. The molecule has 0 bridgehead atoms. The maximum atomic E-state index is 12.8. The van der Waals surface area contributed by atoms with Crippen molar-refractivity contribution in [2.45, 2.75) is 6.42 Å². The van der Waals surface area contributed by atoms with Crippen molar-refractivity contribution in [3.05, 3.63) is 36.5 Å². The Morgan fingerprint density at radius 2 is 2.05 bits per heavy atom. The number of hydrogen-bond donors (Lipinski definition) is 0. The Morgan fingerprint density at radius 1 is 1.29 bits per heavy atom. The largest absolute Gasteiger partial charge is 0.310 e. The van der Waals surface area contributed by atoms with Crippen molar-refractivity contribution in [3.63, 3.8) is 0 Å². The summed E-state index contributed by atoms with van der Waals surface area (Å²) in [7, 11) is -4.57. The first kappa shape index (κ1) is 13.9. The highest BCUT2D eigenvalue weighted by Gasteiger charge is 2.34. The van der Waals surface area contributed by atoms with Crippen molar-refractivity contribution in [2.24, 2.45) is 5.92 Å². The van der Waals surface area contributed by atoms with E-state index in [1.807, 2.05) is 18.2 Å². The van der Waals surface area contributed by atoms with Gasteiger partial charge in [0, 0.05) is 30.5 Å². The van der Waals surface area contributed by atoms with Crippen LogP contribution in [0, 0.1) is 5.92 Å². The quantitative estimate of drug-likeness (QED) is 0.812. The molecule has 0 spiro atoms. The van der Waals surface area contributed by atoms with E-state index >= 15 is 0 Å². The Hall–Kier alpha value is -2.02. The number of carbonyl (C=O) groups is 1. The summed E-state index contributed by atoms with van der Waals surface area (Å²) in [6.07, 6.45) is 1.67. The van der Waals surface area contributed by atoms with Gasteiger partial charge in [-0.15, -0.1) is 3.89 Å². The molecule has 2 aromatic rings. The summed E-state index contributed by atoms with van der Waals surface area (Å²) < 4.78 is 34.3. The van der Waals surface area contributed by atoms with Gasteiger partial charge in [0.05, 0.1) is 17.0 Å². The average molecular weight is 308 g/mol. The minimum Gasteiger partial charge on any atom is -0.310 e. The third kappa shape index (κ3) is 2.87. The number of para-hydroxylation sites is 1. The smallest absolute Gasteiger partial charge is 0.302 e. The number of anilines is 1. The standard InChI is InChI=1S/C14H13FN2O3S/c15-21(19,20)9-10-7-13(18)17(8-10)12-5-1-3-11-4-2-6-16-14(11)12/h1-6,10H,7-9H2. The summed E-state index contributed by atoms with van der Waals surface area (Å²) >= 11 is 0. The van der Waals surface area contributed by atoms with Gasteiger partial charge in [-0.25, -0.2) is 0 Å². The van der Waals surface area contributed by atoms with Gasteiger partial charge < -0.3 is 4.90 Å². The van der Waals surface area contributed by atoms with Crippen molar-refractivity contribution >= 4 is 32.7 Å². The van der Waals surface area contributed by atoms with Crippen molar-refractivity contribution in [1.82, 2.24) is 4.98 Å². The normalized spacial score (nSPS) is 19.4. The second-order valence-electron chi connectivity index (χ2n) is 5.13. The molecule has 1 fully saturated rings. The van der Waals surface area contributed by atoms with Crippen LogP contribution in [0.15, 0.2) is 36.5 Å². The highest BCUT2D eigenvalue weighted by atomic mass is 32.3. The number of benzene rings is 1. The van der Waals surface area contributed by atoms with Crippen LogP contribution in [-0.2, 0) is 15.0 Å². The fraction of sp³-hybridized carbons (Fsp3) is 0.286. The van der Waals surface area contributed by atoms with Gasteiger partial charge in [-0.2, -0.15) is 8.42 Å². The fourth-order valence-corrected chi connectivity index (χ4v) is 3.50. The highest BCUT2D eigenvalue weighted by Crippen LogP contribution is 2.30. The minimum absolute atomic E-state index is 0.0341. The minimum atomic E-state index is -4.57. The zero-order valence-electron chi connectivity index (χ0n) is 11.1. The zero-order valence-corrected chi connectivity index (χ0v) is 11.9. The number of hydrogen-bond acceptors (Lipinski definition) is 4. The average Bonchev–Trinajstić information content (AvgIpc) is 2.76. The second-order valence-corrected chi connectivity index (χ2v) is 6.54. The number of aromatic nitrogens is 1. The molecule has 1 saturated heterocycles. The number of pyridine rings is 1. The lowest BCUT2D eigenvalue weighted by Gasteiger charge is -2.18. The van der Waals surface area contributed by atoms with Crippen LogP contribution in [-0.4, -0.2) is 31.6 Å². The molecule has 5 nitrogen and oxygen atoms in total. The van der Waals surface area contributed by atoms with Gasteiger partial charge in [0.1, 0.15) is 0 Å². The number of nitrogens with zero attached hydrogens (tertiary/aromatic N) is 2. The van der Waals surface area contributed by atoms with E-state index in [-0.39, 0.29) is 18.9 Å². The molecule has 1 atom stereocenters. The van der Waals surface area contributed by atoms with Gasteiger partial charge in [0.2, 0.25) is 5.91 Å². The molecule has 1 amide bonds. The monoisotopic (exact) mass is 308 g/mol. The second kappa shape index (κ2) is 5.07. The summed E-state index contributed by atoms with van der Waals surface area (Å²) in [5.74, 6) is -1.35. The maximum Gasteiger partial charge on any atom is 0.302 e. The number of fused-ring (bicyclic) bond motifs is 1. The van der Waals surface area contributed by atoms with E-state index in [9.17, 15) is 17.1 Å². The summed E-state index contributed by atoms with van der Waals surface area (Å²) in [6, 6.07) is 9.15. The van der Waals surface area contributed by atoms with Crippen molar-refractivity contribution in [1.29, 1.82) is 0 Å². The molecule has 7 heteroatoms. The topological polar surface area (TPSA) is 67.3 Å². The molecular weight excluding hydrogens is 295 g/mol. The lowest BCUT2D eigenvalue weighted by molar-refractivity contribution is -0.117. The Kier molecular flexibility index (Phi) is 3.36. The van der Waals surface area contributed by atoms with E-state index in [0.717, 1.165) is 5.39 Å². The Balaban J connectivity index is 1.95. The molecule has 0 aliphatic carbocycles. The summed E-state index contributed by atoms with van der Waals surface area (Å²) in [5.41, 5.74) is 1.31. The summed E-state index contributed by atoms with van der Waals surface area (Å²) in [5, 5.41) is 0.893. The molecule has 1 unspecified atom stereocenters. The van der Waals surface area contributed by atoms with Crippen molar-refractivity contribution < 1.29 is 17.1 Å². The van der Waals surface area contributed by atoms with Gasteiger partial charge in [0.15, 0.2) is 0 Å². The zero-order chi connectivity index (χ0) is 15.0. The van der Waals surface area contributed by atoms with Crippen molar-refractivity contribution in [3.8, 4) is 0 Å². The van der Waals surface area contributed by atoms with Crippen LogP contribution in [0.3, 0.4) is 0 Å². The first-order chi connectivity index (χ1) is 9.94. The SMILES string of the molecule is O=C1CC(CS(=O)(=O)F)CN1c1cccc2cccnc12. The molecule has 0 saturated carbocycles. The van der Waals surface area contributed by atoms with E-state index in [0.29, 0.717) is 11.2 Å². The van der Waals surface area contributed by atoms with Crippen LogP contribution >= 0.6 is 0 Å². The molecule has 1 aromatic carbocycles. The molecule has 3 rings (SSSR count). The van der Waals surface area contributed by atoms with E-state index in [4.69, 9.17) is 0 Å². The van der Waals surface area contributed by atoms with Gasteiger partial charge in [-0.05, 0) is 12.1 Å². The molecule has 1 aliphatic rings. The summed E-state index contributed by atoms with van der Waals surface area (Å²) in [6.45, 7) is 0.192. The molecule has 21 heavy (non-hydrogen) atoms. The number of rotatable bonds is 3. The first-order valence-electron chi connectivity index (χ1n) is 6.50. The third-order valence-corrected chi connectivity index (χ3v) is 4.41. The first-order valence-corrected chi connectivity index (χ1v) is 8.06. The molecule has 1 aromatic heterocycles. The van der Waals surface area contributed by atoms with E-state index in [1.54, 1.807) is 18.3 Å². The van der Waals surface area contributed by atoms with E-state index < -0.39 is 21.9 Å².